The SMILES string of the molecule is CCC(C)(C)Cc1cc(Br)cc(Br)c1. The van der Waals surface area contributed by atoms with E-state index in [-0.39, 0.29) is 0 Å². The molecule has 0 atom stereocenters. The Hall–Kier alpha value is 0.180. The minimum Gasteiger partial charge on any atom is -0.0649 e. The van der Waals surface area contributed by atoms with Gasteiger partial charge in [0.25, 0.3) is 0 Å². The number of rotatable bonds is 3. The molecule has 0 N–H and O–H groups in total. The molecule has 0 amide bonds. The summed E-state index contributed by atoms with van der Waals surface area (Å²) in [6, 6.07) is 6.47. The molecule has 0 saturated carbocycles. The predicted octanol–water partition coefficient (Wildman–Crippen LogP) is 5.19. The third kappa shape index (κ3) is 3.74. The molecule has 14 heavy (non-hydrogen) atoms. The first kappa shape index (κ1) is 12.3. The molecule has 1 rings (SSSR count). The van der Waals surface area contributed by atoms with Crippen molar-refractivity contribution in [2.45, 2.75) is 33.6 Å². The second-order valence-electron chi connectivity index (χ2n) is 4.47. The van der Waals surface area contributed by atoms with Crippen molar-refractivity contribution in [1.82, 2.24) is 0 Å². The van der Waals surface area contributed by atoms with E-state index in [1.165, 1.54) is 12.0 Å². The molecule has 0 heterocycles. The van der Waals surface area contributed by atoms with E-state index >= 15 is 0 Å². The fourth-order valence-electron chi connectivity index (χ4n) is 1.39. The van der Waals surface area contributed by atoms with E-state index in [2.05, 4.69) is 70.8 Å². The summed E-state index contributed by atoms with van der Waals surface area (Å²) in [5.74, 6) is 0. The zero-order valence-corrected chi connectivity index (χ0v) is 12.1. The Bertz CT molecular complexity index is 296. The highest BCUT2D eigenvalue weighted by atomic mass is 79.9. The lowest BCUT2D eigenvalue weighted by Gasteiger charge is -2.22. The zero-order valence-electron chi connectivity index (χ0n) is 8.90. The Balaban J connectivity index is 2.87. The van der Waals surface area contributed by atoms with Gasteiger partial charge in [0.05, 0.1) is 0 Å². The van der Waals surface area contributed by atoms with Gasteiger partial charge in [-0.25, -0.2) is 0 Å². The van der Waals surface area contributed by atoms with Crippen LogP contribution in [0.5, 0.6) is 0 Å². The molecule has 0 radical (unpaired) electrons. The second-order valence-corrected chi connectivity index (χ2v) is 6.30. The summed E-state index contributed by atoms with van der Waals surface area (Å²) in [5, 5.41) is 0. The van der Waals surface area contributed by atoms with Crippen molar-refractivity contribution in [3.8, 4) is 0 Å². The maximum Gasteiger partial charge on any atom is 0.0189 e. The van der Waals surface area contributed by atoms with Crippen LogP contribution in [0.4, 0.5) is 0 Å². The molecule has 2 heteroatoms. The first-order valence-electron chi connectivity index (χ1n) is 4.88. The topological polar surface area (TPSA) is 0 Å². The van der Waals surface area contributed by atoms with Crippen LogP contribution in [0.25, 0.3) is 0 Å². The number of hydrogen-bond acceptors (Lipinski definition) is 0. The second kappa shape index (κ2) is 4.80. The summed E-state index contributed by atoms with van der Waals surface area (Å²) in [6.45, 7) is 6.86. The van der Waals surface area contributed by atoms with Crippen LogP contribution in [0.3, 0.4) is 0 Å². The van der Waals surface area contributed by atoms with E-state index in [0.29, 0.717) is 5.41 Å². The Kier molecular flexibility index (Phi) is 4.20. The molecule has 1 aromatic carbocycles. The predicted molar refractivity (Wildman–Crippen MR) is 69.6 cm³/mol. The van der Waals surface area contributed by atoms with E-state index in [1.807, 2.05) is 0 Å². The molecule has 0 aliphatic rings. The van der Waals surface area contributed by atoms with Gasteiger partial charge in [-0.05, 0) is 35.6 Å². The lowest BCUT2D eigenvalue weighted by molar-refractivity contribution is 0.349. The minimum atomic E-state index is 0.389. The number of benzene rings is 1. The van der Waals surface area contributed by atoms with Gasteiger partial charge in [0, 0.05) is 8.95 Å². The van der Waals surface area contributed by atoms with Gasteiger partial charge in [0.2, 0.25) is 0 Å². The minimum absolute atomic E-state index is 0.389. The maximum atomic E-state index is 3.51. The number of hydrogen-bond donors (Lipinski definition) is 0. The van der Waals surface area contributed by atoms with Crippen LogP contribution in [-0.4, -0.2) is 0 Å². The first-order chi connectivity index (χ1) is 6.43. The van der Waals surface area contributed by atoms with Crippen molar-refractivity contribution in [3.05, 3.63) is 32.7 Å². The molecule has 0 unspecified atom stereocenters. The Morgan fingerprint density at radius 2 is 1.57 bits per heavy atom. The van der Waals surface area contributed by atoms with E-state index in [1.54, 1.807) is 0 Å². The average Bonchev–Trinajstić information content (AvgIpc) is 2.01. The summed E-state index contributed by atoms with van der Waals surface area (Å²) < 4.78 is 2.29. The van der Waals surface area contributed by atoms with Crippen LogP contribution in [-0.2, 0) is 6.42 Å². The maximum absolute atomic E-state index is 3.51. The van der Waals surface area contributed by atoms with Crippen LogP contribution < -0.4 is 0 Å². The van der Waals surface area contributed by atoms with Gasteiger partial charge < -0.3 is 0 Å². The summed E-state index contributed by atoms with van der Waals surface area (Å²) in [7, 11) is 0. The first-order valence-corrected chi connectivity index (χ1v) is 6.46. The molecule has 0 aliphatic carbocycles. The van der Waals surface area contributed by atoms with Crippen molar-refractivity contribution in [2.75, 3.05) is 0 Å². The van der Waals surface area contributed by atoms with E-state index in [0.717, 1.165) is 15.4 Å². The highest BCUT2D eigenvalue weighted by Gasteiger charge is 2.15. The molecule has 0 aromatic heterocycles. The average molecular weight is 320 g/mol. The van der Waals surface area contributed by atoms with Crippen LogP contribution in [0.1, 0.15) is 32.8 Å². The van der Waals surface area contributed by atoms with Gasteiger partial charge in [-0.2, -0.15) is 0 Å². The highest BCUT2D eigenvalue weighted by molar-refractivity contribution is 9.11. The summed E-state index contributed by atoms with van der Waals surface area (Å²) >= 11 is 7.02. The van der Waals surface area contributed by atoms with Gasteiger partial charge in [0.1, 0.15) is 0 Å². The summed E-state index contributed by atoms with van der Waals surface area (Å²) in [6.07, 6.45) is 2.33. The lowest BCUT2D eigenvalue weighted by Crippen LogP contribution is -2.13. The third-order valence-electron chi connectivity index (χ3n) is 2.56. The van der Waals surface area contributed by atoms with E-state index in [4.69, 9.17) is 0 Å². The van der Waals surface area contributed by atoms with Crippen molar-refractivity contribution >= 4 is 31.9 Å². The molecule has 0 bridgehead atoms. The molecule has 0 spiro atoms. The quantitative estimate of drug-likeness (QED) is 0.719. The third-order valence-corrected chi connectivity index (χ3v) is 3.48. The fourth-order valence-corrected chi connectivity index (χ4v) is 2.78. The Morgan fingerprint density at radius 3 is 2.00 bits per heavy atom. The van der Waals surface area contributed by atoms with Gasteiger partial charge in [-0.3, -0.25) is 0 Å². The normalized spacial score (nSPS) is 11.8. The van der Waals surface area contributed by atoms with Gasteiger partial charge in [-0.1, -0.05) is 59.1 Å². The standard InChI is InChI=1S/C12H16Br2/c1-4-12(2,3)8-9-5-10(13)7-11(14)6-9/h5-7H,4,8H2,1-3H3. The smallest absolute Gasteiger partial charge is 0.0189 e. The largest absolute Gasteiger partial charge is 0.0649 e. The van der Waals surface area contributed by atoms with Crippen molar-refractivity contribution in [3.63, 3.8) is 0 Å². The zero-order chi connectivity index (χ0) is 10.8. The molecular weight excluding hydrogens is 304 g/mol. The van der Waals surface area contributed by atoms with Gasteiger partial charge >= 0.3 is 0 Å². The highest BCUT2D eigenvalue weighted by Crippen LogP contribution is 2.28. The molecule has 0 nitrogen and oxygen atoms in total. The summed E-state index contributed by atoms with van der Waals surface area (Å²) in [5.41, 5.74) is 1.78. The van der Waals surface area contributed by atoms with Crippen molar-refractivity contribution in [1.29, 1.82) is 0 Å². The molecule has 1 aromatic rings. The van der Waals surface area contributed by atoms with Crippen LogP contribution in [0.2, 0.25) is 0 Å². The molecule has 0 fully saturated rings. The summed E-state index contributed by atoms with van der Waals surface area (Å²) in [4.78, 5) is 0. The van der Waals surface area contributed by atoms with Gasteiger partial charge in [-0.15, -0.1) is 0 Å². The fraction of sp³-hybridized carbons (Fsp3) is 0.500. The Morgan fingerprint density at radius 1 is 1.07 bits per heavy atom. The number of halogens is 2. The van der Waals surface area contributed by atoms with Crippen LogP contribution >= 0.6 is 31.9 Å². The molecular formula is C12H16Br2. The van der Waals surface area contributed by atoms with Crippen molar-refractivity contribution < 1.29 is 0 Å². The van der Waals surface area contributed by atoms with Gasteiger partial charge in [0.15, 0.2) is 0 Å². The van der Waals surface area contributed by atoms with E-state index in [9.17, 15) is 0 Å². The monoisotopic (exact) mass is 318 g/mol. The van der Waals surface area contributed by atoms with Crippen LogP contribution in [0.15, 0.2) is 27.1 Å². The lowest BCUT2D eigenvalue weighted by atomic mass is 9.83. The molecule has 0 aliphatic heterocycles. The van der Waals surface area contributed by atoms with Crippen LogP contribution in [0, 0.1) is 5.41 Å². The molecule has 78 valence electrons. The molecule has 0 saturated heterocycles. The Labute approximate surface area is 103 Å². The van der Waals surface area contributed by atoms with E-state index < -0.39 is 0 Å². The van der Waals surface area contributed by atoms with Crippen molar-refractivity contribution in [2.24, 2.45) is 5.41 Å².